The van der Waals surface area contributed by atoms with Gasteiger partial charge >= 0.3 is 0 Å². The Balaban J connectivity index is 2.13. The molecule has 0 saturated heterocycles. The van der Waals surface area contributed by atoms with Gasteiger partial charge in [0, 0.05) is 11.8 Å². The number of amides is 1. The zero-order chi connectivity index (χ0) is 12.8. The van der Waals surface area contributed by atoms with E-state index in [1.165, 1.54) is 0 Å². The summed E-state index contributed by atoms with van der Waals surface area (Å²) in [5.41, 5.74) is 7.60. The predicted octanol–water partition coefficient (Wildman–Crippen LogP) is 2.16. The Bertz CT molecular complexity index is 597. The molecule has 1 aliphatic rings. The Morgan fingerprint density at radius 1 is 1.33 bits per heavy atom. The van der Waals surface area contributed by atoms with Gasteiger partial charge in [0.05, 0.1) is 11.1 Å². The Labute approximate surface area is 105 Å². The van der Waals surface area contributed by atoms with Crippen LogP contribution in [0.1, 0.15) is 30.1 Å². The predicted molar refractivity (Wildman–Crippen MR) is 69.1 cm³/mol. The quantitative estimate of drug-likeness (QED) is 0.895. The van der Waals surface area contributed by atoms with Gasteiger partial charge in [0.1, 0.15) is 5.69 Å². The highest BCUT2D eigenvalue weighted by atomic mass is 16.1. The third-order valence-electron chi connectivity index (χ3n) is 3.55. The number of hydrogen-bond donors (Lipinski definition) is 1. The number of carbonyl (C=O) groups excluding carboxylic acids is 1. The van der Waals surface area contributed by atoms with Crippen LogP contribution in [0.15, 0.2) is 36.5 Å². The number of hydrogen-bond acceptors (Lipinski definition) is 2. The van der Waals surface area contributed by atoms with Crippen LogP contribution in [0.5, 0.6) is 0 Å². The van der Waals surface area contributed by atoms with E-state index in [4.69, 9.17) is 5.73 Å². The molecule has 1 saturated carbocycles. The van der Waals surface area contributed by atoms with Gasteiger partial charge in [0.15, 0.2) is 0 Å². The molecule has 3 rings (SSSR count). The number of nitrogens with two attached hydrogens (primary N) is 1. The van der Waals surface area contributed by atoms with Crippen molar-refractivity contribution in [2.24, 2.45) is 5.73 Å². The lowest BCUT2D eigenvalue weighted by molar-refractivity contribution is 0.100. The number of rotatable bonds is 3. The van der Waals surface area contributed by atoms with Crippen LogP contribution in [0, 0.1) is 0 Å². The molecule has 4 heteroatoms. The van der Waals surface area contributed by atoms with E-state index >= 15 is 0 Å². The van der Waals surface area contributed by atoms with E-state index in [0.29, 0.717) is 11.3 Å². The highest BCUT2D eigenvalue weighted by Gasteiger charge is 2.41. The average molecular weight is 241 g/mol. The van der Waals surface area contributed by atoms with Gasteiger partial charge in [-0.1, -0.05) is 30.3 Å². The molecule has 1 heterocycles. The lowest BCUT2D eigenvalue weighted by atomic mass is 10.1. The van der Waals surface area contributed by atoms with E-state index in [1.807, 2.05) is 35.0 Å². The molecule has 1 aromatic heterocycles. The lowest BCUT2D eigenvalue weighted by Crippen LogP contribution is -2.13. The van der Waals surface area contributed by atoms with Gasteiger partial charge in [0.25, 0.3) is 5.91 Å². The van der Waals surface area contributed by atoms with E-state index in [0.717, 1.165) is 18.4 Å². The summed E-state index contributed by atoms with van der Waals surface area (Å²) in [6.45, 7) is 2.14. The fourth-order valence-electron chi connectivity index (χ4n) is 2.05. The third-order valence-corrected chi connectivity index (χ3v) is 3.55. The fraction of sp³-hybridized carbons (Fsp3) is 0.286. The van der Waals surface area contributed by atoms with Crippen LogP contribution < -0.4 is 5.73 Å². The number of aromatic nitrogens is 2. The summed E-state index contributed by atoms with van der Waals surface area (Å²) in [5, 5.41) is 4.55. The number of carbonyl (C=O) groups is 1. The Morgan fingerprint density at radius 2 is 2.00 bits per heavy atom. The van der Waals surface area contributed by atoms with Crippen molar-refractivity contribution in [3.63, 3.8) is 0 Å². The van der Waals surface area contributed by atoms with Crippen LogP contribution in [0.2, 0.25) is 0 Å². The Morgan fingerprint density at radius 3 is 2.56 bits per heavy atom. The zero-order valence-corrected chi connectivity index (χ0v) is 10.3. The standard InChI is InChI=1S/C14H15N3O/c1-14(7-8-14)17-9-11(13(15)18)12(16-17)10-5-3-2-4-6-10/h2-6,9H,7-8H2,1H3,(H2,15,18). The van der Waals surface area contributed by atoms with Crippen LogP contribution in [0.25, 0.3) is 11.3 Å². The topological polar surface area (TPSA) is 60.9 Å². The van der Waals surface area contributed by atoms with Crippen molar-refractivity contribution in [2.45, 2.75) is 25.3 Å². The summed E-state index contributed by atoms with van der Waals surface area (Å²) < 4.78 is 1.88. The number of primary amides is 1. The summed E-state index contributed by atoms with van der Waals surface area (Å²) in [5.74, 6) is -0.427. The molecule has 4 nitrogen and oxygen atoms in total. The van der Waals surface area contributed by atoms with Crippen LogP contribution in [-0.2, 0) is 5.54 Å². The second-order valence-electron chi connectivity index (χ2n) is 5.06. The minimum Gasteiger partial charge on any atom is -0.365 e. The molecule has 2 N–H and O–H groups in total. The molecular weight excluding hydrogens is 226 g/mol. The van der Waals surface area contributed by atoms with Gasteiger partial charge in [-0.15, -0.1) is 0 Å². The van der Waals surface area contributed by atoms with E-state index in [9.17, 15) is 4.79 Å². The first-order chi connectivity index (χ1) is 8.60. The fourth-order valence-corrected chi connectivity index (χ4v) is 2.05. The first-order valence-electron chi connectivity index (χ1n) is 6.05. The molecule has 18 heavy (non-hydrogen) atoms. The maximum Gasteiger partial charge on any atom is 0.252 e. The number of nitrogens with zero attached hydrogens (tertiary/aromatic N) is 2. The minimum absolute atomic E-state index is 0.0667. The minimum atomic E-state index is -0.427. The van der Waals surface area contributed by atoms with Gasteiger partial charge < -0.3 is 5.73 Å². The van der Waals surface area contributed by atoms with Crippen molar-refractivity contribution < 1.29 is 4.79 Å². The van der Waals surface area contributed by atoms with E-state index in [2.05, 4.69) is 12.0 Å². The molecule has 0 aliphatic heterocycles. The van der Waals surface area contributed by atoms with Crippen molar-refractivity contribution in [1.82, 2.24) is 9.78 Å². The third kappa shape index (κ3) is 1.70. The molecule has 2 aromatic rings. The maximum atomic E-state index is 11.5. The van der Waals surface area contributed by atoms with Crippen molar-refractivity contribution >= 4 is 5.91 Å². The molecule has 0 atom stereocenters. The highest BCUT2D eigenvalue weighted by Crippen LogP contribution is 2.43. The first kappa shape index (κ1) is 11.0. The lowest BCUT2D eigenvalue weighted by Gasteiger charge is -2.07. The van der Waals surface area contributed by atoms with E-state index in [-0.39, 0.29) is 5.54 Å². The Kier molecular flexibility index (Phi) is 2.26. The second-order valence-corrected chi connectivity index (χ2v) is 5.06. The molecule has 0 spiro atoms. The van der Waals surface area contributed by atoms with Crippen LogP contribution in [0.3, 0.4) is 0 Å². The maximum absolute atomic E-state index is 11.5. The molecule has 0 bridgehead atoms. The van der Waals surface area contributed by atoms with Gasteiger partial charge in [-0.25, -0.2) is 0 Å². The zero-order valence-electron chi connectivity index (χ0n) is 10.3. The first-order valence-corrected chi connectivity index (χ1v) is 6.05. The van der Waals surface area contributed by atoms with E-state index in [1.54, 1.807) is 6.20 Å². The van der Waals surface area contributed by atoms with Gasteiger partial charge in [-0.05, 0) is 19.8 Å². The molecule has 1 fully saturated rings. The van der Waals surface area contributed by atoms with Crippen LogP contribution in [0.4, 0.5) is 0 Å². The largest absolute Gasteiger partial charge is 0.365 e. The summed E-state index contributed by atoms with van der Waals surface area (Å²) in [7, 11) is 0. The summed E-state index contributed by atoms with van der Waals surface area (Å²) in [6.07, 6.45) is 3.97. The van der Waals surface area contributed by atoms with Crippen molar-refractivity contribution in [3.05, 3.63) is 42.1 Å². The second kappa shape index (κ2) is 3.70. The summed E-state index contributed by atoms with van der Waals surface area (Å²) >= 11 is 0. The number of benzene rings is 1. The molecule has 0 unspecified atom stereocenters. The molecule has 1 aromatic carbocycles. The molecule has 92 valence electrons. The summed E-state index contributed by atoms with van der Waals surface area (Å²) in [4.78, 5) is 11.5. The Hall–Kier alpha value is -2.10. The molecule has 1 aliphatic carbocycles. The molecule has 1 amide bonds. The highest BCUT2D eigenvalue weighted by molar-refractivity contribution is 5.98. The van der Waals surface area contributed by atoms with E-state index < -0.39 is 5.91 Å². The van der Waals surface area contributed by atoms with Gasteiger partial charge in [0.2, 0.25) is 0 Å². The average Bonchev–Trinajstić information content (AvgIpc) is 2.96. The monoisotopic (exact) mass is 241 g/mol. The SMILES string of the molecule is CC1(n2cc(C(N)=O)c(-c3ccccc3)n2)CC1. The van der Waals surface area contributed by atoms with Crippen molar-refractivity contribution in [3.8, 4) is 11.3 Å². The normalized spacial score (nSPS) is 16.5. The van der Waals surface area contributed by atoms with Crippen molar-refractivity contribution in [2.75, 3.05) is 0 Å². The van der Waals surface area contributed by atoms with Crippen LogP contribution >= 0.6 is 0 Å². The van der Waals surface area contributed by atoms with Gasteiger partial charge in [-0.3, -0.25) is 9.48 Å². The molecule has 0 radical (unpaired) electrons. The molecular formula is C14H15N3O. The smallest absolute Gasteiger partial charge is 0.252 e. The van der Waals surface area contributed by atoms with Crippen LogP contribution in [-0.4, -0.2) is 15.7 Å². The summed E-state index contributed by atoms with van der Waals surface area (Å²) in [6, 6.07) is 9.67. The van der Waals surface area contributed by atoms with Crippen molar-refractivity contribution in [1.29, 1.82) is 0 Å². The van der Waals surface area contributed by atoms with Gasteiger partial charge in [-0.2, -0.15) is 5.10 Å².